The minimum absolute atomic E-state index is 0.0500. The van der Waals surface area contributed by atoms with E-state index in [4.69, 9.17) is 15.2 Å². The van der Waals surface area contributed by atoms with E-state index in [1.165, 1.54) is 0 Å². The second-order valence-corrected chi connectivity index (χ2v) is 7.69. The Morgan fingerprint density at radius 2 is 1.68 bits per heavy atom. The van der Waals surface area contributed by atoms with E-state index < -0.39 is 6.04 Å². The van der Waals surface area contributed by atoms with E-state index in [0.29, 0.717) is 6.04 Å². The Balaban J connectivity index is 1.94. The normalized spacial score (nSPS) is 17.1. The van der Waals surface area contributed by atoms with Gasteiger partial charge in [0.05, 0.1) is 20.3 Å². The van der Waals surface area contributed by atoms with E-state index in [1.54, 1.807) is 14.2 Å². The van der Waals surface area contributed by atoms with E-state index in [1.807, 2.05) is 43.9 Å². The molecule has 0 bridgehead atoms. The third-order valence-electron chi connectivity index (χ3n) is 4.73. The second-order valence-electron chi connectivity index (χ2n) is 7.69. The van der Waals surface area contributed by atoms with Crippen molar-refractivity contribution >= 4 is 11.6 Å². The summed E-state index contributed by atoms with van der Waals surface area (Å²) in [4.78, 5) is 14.4. The summed E-state index contributed by atoms with van der Waals surface area (Å²) >= 11 is 0. The molecule has 2 rings (SSSR count). The lowest BCUT2D eigenvalue weighted by atomic mass is 9.86. The fourth-order valence-electron chi connectivity index (χ4n) is 2.94. The molecule has 25 heavy (non-hydrogen) atoms. The van der Waals surface area contributed by atoms with Crippen LogP contribution < -0.4 is 20.5 Å². The highest BCUT2D eigenvalue weighted by atomic mass is 16.5. The average Bonchev–Trinajstić information content (AvgIpc) is 2.59. The molecule has 0 unspecified atom stereocenters. The highest BCUT2D eigenvalue weighted by Gasteiger charge is 2.32. The van der Waals surface area contributed by atoms with Gasteiger partial charge in [-0.15, -0.1) is 0 Å². The Bertz CT molecular complexity index is 568. The summed E-state index contributed by atoms with van der Waals surface area (Å²) in [5, 5.41) is 3.52. The van der Waals surface area contributed by atoms with Crippen molar-refractivity contribution in [2.24, 2.45) is 11.1 Å². The number of rotatable bonds is 5. The summed E-state index contributed by atoms with van der Waals surface area (Å²) < 4.78 is 10.6. The van der Waals surface area contributed by atoms with Crippen molar-refractivity contribution in [1.29, 1.82) is 0 Å². The summed E-state index contributed by atoms with van der Waals surface area (Å²) in [6.07, 6.45) is 1.78. The zero-order chi connectivity index (χ0) is 18.6. The number of nitrogens with one attached hydrogen (secondary N) is 1. The number of methoxy groups -OCH3 is 2. The molecule has 0 aliphatic carbocycles. The van der Waals surface area contributed by atoms with Crippen LogP contribution in [-0.4, -0.2) is 50.2 Å². The molecule has 3 N–H and O–H groups in total. The monoisotopic (exact) mass is 349 g/mol. The summed E-state index contributed by atoms with van der Waals surface area (Å²) in [5.41, 5.74) is 6.86. The summed E-state index contributed by atoms with van der Waals surface area (Å²) in [7, 11) is 3.28. The van der Waals surface area contributed by atoms with Crippen LogP contribution in [0.5, 0.6) is 11.5 Å². The molecule has 0 spiro atoms. The van der Waals surface area contributed by atoms with Crippen LogP contribution in [0, 0.1) is 5.41 Å². The molecular formula is C19H31N3O3. The molecular weight excluding hydrogens is 318 g/mol. The molecule has 6 heteroatoms. The number of anilines is 1. The van der Waals surface area contributed by atoms with E-state index >= 15 is 0 Å². The van der Waals surface area contributed by atoms with Crippen LogP contribution in [-0.2, 0) is 4.79 Å². The van der Waals surface area contributed by atoms with Gasteiger partial charge >= 0.3 is 0 Å². The quantitative estimate of drug-likeness (QED) is 0.854. The molecule has 0 radical (unpaired) electrons. The topological polar surface area (TPSA) is 76.8 Å². The number of carbonyl (C=O) groups excluding carboxylic acids is 1. The molecule has 1 aliphatic rings. The molecule has 140 valence electrons. The number of hydrogen-bond acceptors (Lipinski definition) is 5. The number of amides is 1. The Morgan fingerprint density at radius 1 is 1.16 bits per heavy atom. The lowest BCUT2D eigenvalue weighted by Crippen LogP contribution is -2.53. The van der Waals surface area contributed by atoms with Gasteiger partial charge in [0.1, 0.15) is 11.5 Å². The molecule has 0 aromatic heterocycles. The lowest BCUT2D eigenvalue weighted by molar-refractivity contribution is -0.135. The van der Waals surface area contributed by atoms with Gasteiger partial charge in [-0.3, -0.25) is 4.79 Å². The van der Waals surface area contributed by atoms with Gasteiger partial charge < -0.3 is 25.4 Å². The van der Waals surface area contributed by atoms with Gasteiger partial charge in [-0.2, -0.15) is 0 Å². The second kappa shape index (κ2) is 7.95. The summed E-state index contributed by atoms with van der Waals surface area (Å²) in [5.74, 6) is 1.56. The van der Waals surface area contributed by atoms with Crippen LogP contribution in [0.1, 0.15) is 33.6 Å². The van der Waals surface area contributed by atoms with Crippen molar-refractivity contribution in [2.45, 2.75) is 45.7 Å². The summed E-state index contributed by atoms with van der Waals surface area (Å²) in [6.45, 7) is 7.45. The Labute approximate surface area is 150 Å². The number of likely N-dealkylation sites (tertiary alicyclic amines) is 1. The molecule has 1 aliphatic heterocycles. The Kier molecular flexibility index (Phi) is 6.16. The van der Waals surface area contributed by atoms with Crippen molar-refractivity contribution in [2.75, 3.05) is 32.6 Å². The van der Waals surface area contributed by atoms with Crippen molar-refractivity contribution in [3.8, 4) is 11.5 Å². The fourth-order valence-corrected chi connectivity index (χ4v) is 2.94. The third-order valence-corrected chi connectivity index (χ3v) is 4.73. The van der Waals surface area contributed by atoms with E-state index in [9.17, 15) is 4.79 Å². The van der Waals surface area contributed by atoms with Crippen LogP contribution in [0.15, 0.2) is 18.2 Å². The predicted octanol–water partition coefficient (Wildman–Crippen LogP) is 2.48. The highest BCUT2D eigenvalue weighted by Crippen LogP contribution is 2.28. The molecule has 1 fully saturated rings. The molecule has 1 heterocycles. The number of benzene rings is 1. The minimum Gasteiger partial charge on any atom is -0.497 e. The number of ether oxygens (including phenoxy) is 2. The number of piperidine rings is 1. The van der Waals surface area contributed by atoms with Crippen molar-refractivity contribution < 1.29 is 14.3 Å². The van der Waals surface area contributed by atoms with Gasteiger partial charge in [-0.1, -0.05) is 20.8 Å². The summed E-state index contributed by atoms with van der Waals surface area (Å²) in [6, 6.07) is 5.61. The van der Waals surface area contributed by atoms with Crippen LogP contribution in [0.3, 0.4) is 0 Å². The largest absolute Gasteiger partial charge is 0.497 e. The fraction of sp³-hybridized carbons (Fsp3) is 0.632. The Morgan fingerprint density at radius 3 is 2.12 bits per heavy atom. The van der Waals surface area contributed by atoms with Crippen LogP contribution in [0.2, 0.25) is 0 Å². The molecule has 1 saturated heterocycles. The average molecular weight is 349 g/mol. The van der Waals surface area contributed by atoms with Gasteiger partial charge in [-0.05, 0) is 18.3 Å². The number of nitrogens with zero attached hydrogens (tertiary/aromatic N) is 1. The van der Waals surface area contributed by atoms with Crippen molar-refractivity contribution in [3.05, 3.63) is 18.2 Å². The van der Waals surface area contributed by atoms with Crippen molar-refractivity contribution in [1.82, 2.24) is 4.90 Å². The van der Waals surface area contributed by atoms with E-state index in [2.05, 4.69) is 5.32 Å². The standard InChI is InChI=1S/C19H31N3O3/c1-19(2,3)17(20)18(23)22-8-6-13(7-9-22)21-14-10-15(24-4)12-16(11-14)25-5/h10-13,17,21H,6-9,20H2,1-5H3/t17-/m1/s1. The van der Waals surface area contributed by atoms with Gasteiger partial charge in [0.2, 0.25) is 5.91 Å². The van der Waals surface area contributed by atoms with Gasteiger partial charge in [-0.25, -0.2) is 0 Å². The van der Waals surface area contributed by atoms with Gasteiger partial charge in [0, 0.05) is 43.0 Å². The zero-order valence-electron chi connectivity index (χ0n) is 16.0. The zero-order valence-corrected chi connectivity index (χ0v) is 16.0. The maximum Gasteiger partial charge on any atom is 0.240 e. The van der Waals surface area contributed by atoms with Gasteiger partial charge in [0.15, 0.2) is 0 Å². The van der Waals surface area contributed by atoms with Crippen molar-refractivity contribution in [3.63, 3.8) is 0 Å². The minimum atomic E-state index is -0.459. The maximum absolute atomic E-state index is 12.5. The maximum atomic E-state index is 12.5. The first-order valence-corrected chi connectivity index (χ1v) is 8.78. The molecule has 1 atom stereocenters. The van der Waals surface area contributed by atoms with Crippen LogP contribution in [0.25, 0.3) is 0 Å². The highest BCUT2D eigenvalue weighted by molar-refractivity contribution is 5.82. The lowest BCUT2D eigenvalue weighted by Gasteiger charge is -2.37. The number of nitrogens with two attached hydrogens (primary N) is 1. The third kappa shape index (κ3) is 5.01. The molecule has 1 aromatic carbocycles. The van der Waals surface area contributed by atoms with Crippen LogP contribution >= 0.6 is 0 Å². The first-order chi connectivity index (χ1) is 11.7. The van der Waals surface area contributed by atoms with E-state index in [-0.39, 0.29) is 11.3 Å². The number of hydrogen-bond donors (Lipinski definition) is 2. The van der Waals surface area contributed by atoms with Gasteiger partial charge in [0.25, 0.3) is 0 Å². The molecule has 1 aromatic rings. The van der Waals surface area contributed by atoms with E-state index in [0.717, 1.165) is 43.1 Å². The number of carbonyl (C=O) groups is 1. The Hall–Kier alpha value is -1.95. The van der Waals surface area contributed by atoms with Crippen LogP contribution in [0.4, 0.5) is 5.69 Å². The first-order valence-electron chi connectivity index (χ1n) is 8.78. The predicted molar refractivity (Wildman–Crippen MR) is 100 cm³/mol. The molecule has 0 saturated carbocycles. The smallest absolute Gasteiger partial charge is 0.240 e. The first kappa shape index (κ1) is 19.4. The molecule has 1 amide bonds. The molecule has 6 nitrogen and oxygen atoms in total. The SMILES string of the molecule is COc1cc(NC2CCN(C(=O)[C@@H](N)C(C)(C)C)CC2)cc(OC)c1.